The molecule has 0 N–H and O–H groups in total. The summed E-state index contributed by atoms with van der Waals surface area (Å²) in [6, 6.07) is 12.3. The Bertz CT molecular complexity index is 496. The Kier molecular flexibility index (Phi) is 4.96. The van der Waals surface area contributed by atoms with Crippen molar-refractivity contribution in [1.82, 2.24) is 4.98 Å². The fourth-order valence-electron chi connectivity index (χ4n) is 2.12. The van der Waals surface area contributed by atoms with Gasteiger partial charge in [0, 0.05) is 6.20 Å². The summed E-state index contributed by atoms with van der Waals surface area (Å²) in [5, 5.41) is 0. The highest BCUT2D eigenvalue weighted by Gasteiger charge is 2.06. The van der Waals surface area contributed by atoms with Crippen LogP contribution in [0.2, 0.25) is 0 Å². The molecule has 0 bridgehead atoms. The maximum atomic E-state index is 5.80. The van der Waals surface area contributed by atoms with Crippen molar-refractivity contribution in [3.8, 4) is 5.75 Å². The smallest absolute Gasteiger partial charge is 0.138 e. The molecule has 0 radical (unpaired) electrons. The number of pyridine rings is 1. The summed E-state index contributed by atoms with van der Waals surface area (Å²) < 4.78 is 5.80. The summed E-state index contributed by atoms with van der Waals surface area (Å²) in [5.74, 6) is 1.39. The molecule has 1 unspecified atom stereocenters. The third-order valence-electron chi connectivity index (χ3n) is 3.27. The molecule has 0 aliphatic heterocycles. The highest BCUT2D eigenvalue weighted by molar-refractivity contribution is 5.26. The van der Waals surface area contributed by atoms with Gasteiger partial charge in [-0.25, -0.2) is 0 Å². The molecule has 2 heteroatoms. The van der Waals surface area contributed by atoms with E-state index in [0.29, 0.717) is 12.5 Å². The van der Waals surface area contributed by atoms with Crippen molar-refractivity contribution in [2.75, 3.05) is 0 Å². The first kappa shape index (κ1) is 13.6. The van der Waals surface area contributed by atoms with E-state index in [1.54, 1.807) is 6.20 Å². The van der Waals surface area contributed by atoms with E-state index in [9.17, 15) is 0 Å². The fourth-order valence-corrected chi connectivity index (χ4v) is 2.12. The van der Waals surface area contributed by atoms with Crippen LogP contribution in [0.5, 0.6) is 5.75 Å². The third kappa shape index (κ3) is 4.09. The first-order chi connectivity index (χ1) is 9.29. The highest BCUT2D eigenvalue weighted by atomic mass is 16.5. The van der Waals surface area contributed by atoms with Crippen LogP contribution in [0, 0.1) is 0 Å². The molecule has 0 saturated carbocycles. The topological polar surface area (TPSA) is 22.1 Å². The number of nitrogens with zero attached hydrogens (tertiary/aromatic N) is 1. The zero-order chi connectivity index (χ0) is 13.5. The van der Waals surface area contributed by atoms with E-state index in [1.807, 2.05) is 24.4 Å². The van der Waals surface area contributed by atoms with Crippen LogP contribution in [0.15, 0.2) is 48.8 Å². The van der Waals surface area contributed by atoms with Crippen LogP contribution in [-0.4, -0.2) is 4.98 Å². The molecule has 0 spiro atoms. The van der Waals surface area contributed by atoms with Crippen molar-refractivity contribution in [3.05, 3.63) is 59.9 Å². The third-order valence-corrected chi connectivity index (χ3v) is 3.27. The maximum Gasteiger partial charge on any atom is 0.138 e. The number of ether oxygens (including phenoxy) is 1. The molecule has 2 nitrogen and oxygen atoms in total. The van der Waals surface area contributed by atoms with Gasteiger partial charge in [-0.3, -0.25) is 4.98 Å². The molecule has 0 aliphatic carbocycles. The van der Waals surface area contributed by atoms with E-state index in [2.05, 4.69) is 37.0 Å². The van der Waals surface area contributed by atoms with E-state index in [1.165, 1.54) is 24.0 Å². The first-order valence-electron chi connectivity index (χ1n) is 6.91. The zero-order valence-corrected chi connectivity index (χ0v) is 11.7. The van der Waals surface area contributed by atoms with Gasteiger partial charge in [0.1, 0.15) is 12.4 Å². The average Bonchev–Trinajstić information content (AvgIpc) is 2.47. The normalized spacial score (nSPS) is 12.1. The van der Waals surface area contributed by atoms with Crippen molar-refractivity contribution < 1.29 is 4.74 Å². The molecule has 0 saturated heterocycles. The Morgan fingerprint density at radius 2 is 1.95 bits per heavy atom. The number of aromatic nitrogens is 1. The summed E-state index contributed by atoms with van der Waals surface area (Å²) in [6.07, 6.45) is 6.10. The largest absolute Gasteiger partial charge is 0.487 e. The summed E-state index contributed by atoms with van der Waals surface area (Å²) in [5.41, 5.74) is 2.43. The van der Waals surface area contributed by atoms with Crippen LogP contribution in [0.25, 0.3) is 0 Å². The lowest BCUT2D eigenvalue weighted by Gasteiger charge is -2.12. The maximum absolute atomic E-state index is 5.80. The molecule has 1 aromatic carbocycles. The lowest BCUT2D eigenvalue weighted by Crippen LogP contribution is -1.98. The molecule has 2 aromatic rings. The molecule has 2 rings (SSSR count). The van der Waals surface area contributed by atoms with Gasteiger partial charge in [0.25, 0.3) is 0 Å². The highest BCUT2D eigenvalue weighted by Crippen LogP contribution is 2.23. The first-order valence-corrected chi connectivity index (χ1v) is 6.91. The van der Waals surface area contributed by atoms with E-state index in [4.69, 9.17) is 4.74 Å². The van der Waals surface area contributed by atoms with Gasteiger partial charge in [0.05, 0.1) is 6.20 Å². The van der Waals surface area contributed by atoms with Crippen LogP contribution >= 0.6 is 0 Å². The van der Waals surface area contributed by atoms with E-state index in [-0.39, 0.29) is 0 Å². The van der Waals surface area contributed by atoms with Crippen molar-refractivity contribution >= 4 is 0 Å². The Hall–Kier alpha value is -1.83. The number of benzene rings is 1. The minimum absolute atomic E-state index is 0.540. The molecule has 0 fully saturated rings. The SMILES string of the molecule is CCCC(C)c1cncc(OCc2ccccc2)c1. The van der Waals surface area contributed by atoms with E-state index < -0.39 is 0 Å². The fraction of sp³-hybridized carbons (Fsp3) is 0.353. The average molecular weight is 255 g/mol. The standard InChI is InChI=1S/C17H21NO/c1-3-7-14(2)16-10-17(12-18-11-16)19-13-15-8-5-4-6-9-15/h4-6,8-12,14H,3,7,13H2,1-2H3. The lowest BCUT2D eigenvalue weighted by atomic mass is 9.98. The number of hydrogen-bond acceptors (Lipinski definition) is 2. The number of rotatable bonds is 6. The van der Waals surface area contributed by atoms with Gasteiger partial charge in [-0.1, -0.05) is 50.6 Å². The van der Waals surface area contributed by atoms with E-state index in [0.717, 1.165) is 5.75 Å². The Morgan fingerprint density at radius 3 is 2.68 bits per heavy atom. The molecular weight excluding hydrogens is 234 g/mol. The molecule has 0 amide bonds. The molecule has 1 atom stereocenters. The Morgan fingerprint density at radius 1 is 1.16 bits per heavy atom. The molecule has 19 heavy (non-hydrogen) atoms. The van der Waals surface area contributed by atoms with Crippen molar-refractivity contribution in [2.24, 2.45) is 0 Å². The molecule has 100 valence electrons. The summed E-state index contributed by atoms with van der Waals surface area (Å²) in [4.78, 5) is 4.28. The van der Waals surface area contributed by atoms with Crippen LogP contribution in [0.3, 0.4) is 0 Å². The monoisotopic (exact) mass is 255 g/mol. The second-order valence-corrected chi connectivity index (χ2v) is 4.92. The van der Waals surface area contributed by atoms with Crippen LogP contribution < -0.4 is 4.74 Å². The summed E-state index contributed by atoms with van der Waals surface area (Å²) >= 11 is 0. The van der Waals surface area contributed by atoms with Crippen molar-refractivity contribution in [3.63, 3.8) is 0 Å². The second-order valence-electron chi connectivity index (χ2n) is 4.92. The lowest BCUT2D eigenvalue weighted by molar-refractivity contribution is 0.304. The minimum atomic E-state index is 0.540. The molecule has 1 aromatic heterocycles. The quantitative estimate of drug-likeness (QED) is 0.754. The predicted octanol–water partition coefficient (Wildman–Crippen LogP) is 4.56. The van der Waals surface area contributed by atoms with E-state index >= 15 is 0 Å². The van der Waals surface area contributed by atoms with Crippen molar-refractivity contribution in [1.29, 1.82) is 0 Å². The van der Waals surface area contributed by atoms with Gasteiger partial charge >= 0.3 is 0 Å². The second kappa shape index (κ2) is 6.93. The molecule has 0 aliphatic rings. The predicted molar refractivity (Wildman–Crippen MR) is 78.3 cm³/mol. The van der Waals surface area contributed by atoms with Crippen LogP contribution in [0.1, 0.15) is 43.7 Å². The zero-order valence-electron chi connectivity index (χ0n) is 11.7. The van der Waals surface area contributed by atoms with Crippen LogP contribution in [-0.2, 0) is 6.61 Å². The molecule has 1 heterocycles. The summed E-state index contributed by atoms with van der Waals surface area (Å²) in [6.45, 7) is 5.04. The van der Waals surface area contributed by atoms with Crippen molar-refractivity contribution in [2.45, 2.75) is 39.2 Å². The van der Waals surface area contributed by atoms with Gasteiger partial charge in [-0.05, 0) is 29.5 Å². The van der Waals surface area contributed by atoms with Gasteiger partial charge in [-0.2, -0.15) is 0 Å². The van der Waals surface area contributed by atoms with Gasteiger partial charge in [0.2, 0.25) is 0 Å². The molecular formula is C17H21NO. The Labute approximate surface area is 115 Å². The minimum Gasteiger partial charge on any atom is -0.487 e. The van der Waals surface area contributed by atoms with Crippen LogP contribution in [0.4, 0.5) is 0 Å². The Balaban J connectivity index is 1.99. The van der Waals surface area contributed by atoms with Gasteiger partial charge in [0.15, 0.2) is 0 Å². The van der Waals surface area contributed by atoms with Gasteiger partial charge < -0.3 is 4.74 Å². The van der Waals surface area contributed by atoms with Gasteiger partial charge in [-0.15, -0.1) is 0 Å². The summed E-state index contributed by atoms with van der Waals surface area (Å²) in [7, 11) is 0. The number of hydrogen-bond donors (Lipinski definition) is 0.